The third-order valence-electron chi connectivity index (χ3n) is 7.96. The molecule has 0 bridgehead atoms. The first kappa shape index (κ1) is 33.0. The van der Waals surface area contributed by atoms with Crippen molar-refractivity contribution in [3.8, 4) is 0 Å². The molecule has 6 rings (SSSR count). The summed E-state index contributed by atoms with van der Waals surface area (Å²) >= 11 is 6.23. The number of furan rings is 1. The van der Waals surface area contributed by atoms with Gasteiger partial charge in [-0.1, -0.05) is 48.0 Å². The summed E-state index contributed by atoms with van der Waals surface area (Å²) in [4.78, 5) is 12.4. The first-order valence-electron chi connectivity index (χ1n) is 14.6. The van der Waals surface area contributed by atoms with Crippen molar-refractivity contribution in [2.45, 2.75) is 74.3 Å². The van der Waals surface area contributed by atoms with Gasteiger partial charge >= 0.3 is 0 Å². The molecule has 4 heterocycles. The Labute approximate surface area is 267 Å². The van der Waals surface area contributed by atoms with Crippen LogP contribution in [-0.4, -0.2) is 106 Å². The zero-order valence-corrected chi connectivity index (χ0v) is 25.0. The van der Waals surface area contributed by atoms with Crippen molar-refractivity contribution in [2.75, 3.05) is 18.5 Å². The number of ether oxygens (including phenoxy) is 6. The van der Waals surface area contributed by atoms with Gasteiger partial charge in [0.25, 0.3) is 5.91 Å². The van der Waals surface area contributed by atoms with Crippen molar-refractivity contribution < 1.29 is 63.2 Å². The van der Waals surface area contributed by atoms with Gasteiger partial charge in [-0.05, 0) is 29.8 Å². The van der Waals surface area contributed by atoms with Gasteiger partial charge in [-0.2, -0.15) is 0 Å². The minimum Gasteiger partial charge on any atom is -0.459 e. The minimum atomic E-state index is -1.66. The largest absolute Gasteiger partial charge is 0.459 e. The van der Waals surface area contributed by atoms with E-state index >= 15 is 0 Å². The molecule has 0 radical (unpaired) electrons. The Morgan fingerprint density at radius 3 is 2.43 bits per heavy atom. The number of hydrogen-bond donors (Lipinski definition) is 6. The maximum absolute atomic E-state index is 12.4. The number of rotatable bonds is 9. The molecular weight excluding hydrogens is 630 g/mol. The van der Waals surface area contributed by atoms with E-state index < -0.39 is 80.2 Å². The Morgan fingerprint density at radius 1 is 0.913 bits per heavy atom. The molecule has 248 valence electrons. The third-order valence-corrected chi connectivity index (χ3v) is 8.28. The monoisotopic (exact) mass is 663 g/mol. The smallest absolute Gasteiger partial charge is 0.291 e. The lowest BCUT2D eigenvalue weighted by molar-refractivity contribution is -0.386. The summed E-state index contributed by atoms with van der Waals surface area (Å²) in [5.74, 6) is -0.416. The van der Waals surface area contributed by atoms with Crippen molar-refractivity contribution in [2.24, 2.45) is 0 Å². The minimum absolute atomic E-state index is 0.0124. The number of aliphatic hydroxyl groups is 5. The van der Waals surface area contributed by atoms with Gasteiger partial charge in [0, 0.05) is 5.56 Å². The lowest BCUT2D eigenvalue weighted by Crippen LogP contribution is -2.65. The SMILES string of the molecule is O=C(Nc1cc(CO[C@@H]2O[C@H](CO)[C@@H](O[C@H]3O[C@@H]4COC(c5ccccc5)O[C@H]4[C@H](O)[C@H]3O)[C@H](O)[C@H]2O)ccc1Cl)c1ccco1. The van der Waals surface area contributed by atoms with Crippen LogP contribution in [0.2, 0.25) is 5.02 Å². The van der Waals surface area contributed by atoms with E-state index in [0.717, 1.165) is 5.56 Å². The van der Waals surface area contributed by atoms with Crippen LogP contribution in [0.4, 0.5) is 5.69 Å². The number of fused-ring (bicyclic) bond motifs is 1. The van der Waals surface area contributed by atoms with E-state index in [4.69, 9.17) is 44.4 Å². The van der Waals surface area contributed by atoms with E-state index in [1.165, 1.54) is 12.3 Å². The molecule has 1 unspecified atom stereocenters. The van der Waals surface area contributed by atoms with Crippen molar-refractivity contribution in [3.05, 3.63) is 88.8 Å². The van der Waals surface area contributed by atoms with Crippen molar-refractivity contribution in [1.82, 2.24) is 0 Å². The van der Waals surface area contributed by atoms with Gasteiger partial charge in [0.15, 0.2) is 24.6 Å². The average Bonchev–Trinajstić information content (AvgIpc) is 3.62. The summed E-state index contributed by atoms with van der Waals surface area (Å²) in [6.07, 6.45) is -13.0. The highest BCUT2D eigenvalue weighted by atomic mass is 35.5. The fourth-order valence-electron chi connectivity index (χ4n) is 5.51. The Hall–Kier alpha value is -2.96. The second-order valence-electron chi connectivity index (χ2n) is 11.1. The molecule has 11 atom stereocenters. The highest BCUT2D eigenvalue weighted by Crippen LogP contribution is 2.36. The Bertz CT molecular complexity index is 1440. The van der Waals surface area contributed by atoms with E-state index in [2.05, 4.69) is 5.32 Å². The standard InChI is InChI=1S/C31H34ClNO13/c32-17-9-8-15(11-18(17)33-28(39)19-7-4-10-40-19)13-41-30-24(37)22(35)26(20(12-34)43-30)46-31-25(38)23(36)27-21(44-31)14-42-29(45-27)16-5-2-1-3-6-16/h1-11,20-27,29-31,34-38H,12-14H2,(H,33,39)/t20-,21-,22-,23-,24-,25-,26-,27-,29?,30-,31-/m1/s1. The molecule has 0 spiro atoms. The van der Waals surface area contributed by atoms with Crippen molar-refractivity contribution >= 4 is 23.2 Å². The zero-order chi connectivity index (χ0) is 32.4. The van der Waals surface area contributed by atoms with Crippen LogP contribution in [0.3, 0.4) is 0 Å². The first-order valence-corrected chi connectivity index (χ1v) is 15.0. The molecule has 6 N–H and O–H groups in total. The van der Waals surface area contributed by atoms with Crippen LogP contribution in [-0.2, 0) is 35.0 Å². The molecule has 3 fully saturated rings. The van der Waals surface area contributed by atoms with Gasteiger partial charge in [0.2, 0.25) is 0 Å². The highest BCUT2D eigenvalue weighted by Gasteiger charge is 2.53. The number of anilines is 1. The lowest BCUT2D eigenvalue weighted by Gasteiger charge is -2.48. The molecule has 3 saturated heterocycles. The van der Waals surface area contributed by atoms with Crippen LogP contribution < -0.4 is 5.32 Å². The molecule has 15 heteroatoms. The fraction of sp³-hybridized carbons (Fsp3) is 0.452. The second kappa shape index (κ2) is 14.4. The average molecular weight is 664 g/mol. The third kappa shape index (κ3) is 6.99. The van der Waals surface area contributed by atoms with E-state index in [9.17, 15) is 30.3 Å². The molecule has 3 aliphatic heterocycles. The predicted octanol–water partition coefficient (Wildman–Crippen LogP) is 1.09. The summed E-state index contributed by atoms with van der Waals surface area (Å²) in [6.45, 7) is -0.776. The number of amides is 1. The van der Waals surface area contributed by atoms with Crippen LogP contribution >= 0.6 is 11.6 Å². The van der Waals surface area contributed by atoms with E-state index in [1.54, 1.807) is 36.4 Å². The molecule has 46 heavy (non-hydrogen) atoms. The molecule has 1 amide bonds. The molecule has 2 aromatic carbocycles. The second-order valence-corrected chi connectivity index (χ2v) is 11.5. The summed E-state index contributed by atoms with van der Waals surface area (Å²) in [5, 5.41) is 56.6. The van der Waals surface area contributed by atoms with Crippen LogP contribution in [0.25, 0.3) is 0 Å². The fourth-order valence-corrected chi connectivity index (χ4v) is 5.68. The molecule has 3 aliphatic rings. The zero-order valence-electron chi connectivity index (χ0n) is 24.2. The predicted molar refractivity (Wildman–Crippen MR) is 156 cm³/mol. The molecule has 1 aromatic heterocycles. The molecule has 0 saturated carbocycles. The Morgan fingerprint density at radius 2 is 1.70 bits per heavy atom. The normalized spacial score (nSPS) is 34.5. The van der Waals surface area contributed by atoms with Crippen molar-refractivity contribution in [3.63, 3.8) is 0 Å². The van der Waals surface area contributed by atoms with E-state index in [1.807, 2.05) is 18.2 Å². The Balaban J connectivity index is 1.06. The topological polar surface area (TPSA) is 199 Å². The van der Waals surface area contributed by atoms with Crippen LogP contribution in [0.1, 0.15) is 28.0 Å². The number of carbonyl (C=O) groups is 1. The molecular formula is C31H34ClNO13. The van der Waals surface area contributed by atoms with Gasteiger partial charge in [0.05, 0.1) is 36.8 Å². The van der Waals surface area contributed by atoms with Gasteiger partial charge in [-0.3, -0.25) is 4.79 Å². The van der Waals surface area contributed by atoms with Gasteiger partial charge in [-0.15, -0.1) is 0 Å². The maximum atomic E-state index is 12.4. The maximum Gasteiger partial charge on any atom is 0.291 e. The Kier molecular flexibility index (Phi) is 10.3. The van der Waals surface area contributed by atoms with Crippen LogP contribution in [0.15, 0.2) is 71.3 Å². The summed E-state index contributed by atoms with van der Waals surface area (Å²) in [7, 11) is 0. The summed E-state index contributed by atoms with van der Waals surface area (Å²) in [6, 6.07) is 16.9. The summed E-state index contributed by atoms with van der Waals surface area (Å²) < 4.78 is 39.9. The van der Waals surface area contributed by atoms with Crippen LogP contribution in [0.5, 0.6) is 0 Å². The number of carbonyl (C=O) groups excluding carboxylic acids is 1. The number of nitrogens with one attached hydrogen (secondary N) is 1. The number of halogens is 1. The molecule has 3 aromatic rings. The van der Waals surface area contributed by atoms with E-state index in [-0.39, 0.29) is 29.7 Å². The first-order chi connectivity index (χ1) is 22.2. The molecule has 0 aliphatic carbocycles. The number of aliphatic hydroxyl groups excluding tert-OH is 5. The van der Waals surface area contributed by atoms with Gasteiger partial charge in [0.1, 0.15) is 48.8 Å². The van der Waals surface area contributed by atoms with Crippen molar-refractivity contribution in [1.29, 1.82) is 0 Å². The highest BCUT2D eigenvalue weighted by molar-refractivity contribution is 6.33. The number of benzene rings is 2. The summed E-state index contributed by atoms with van der Waals surface area (Å²) in [5.41, 5.74) is 1.56. The lowest BCUT2D eigenvalue weighted by atomic mass is 9.96. The van der Waals surface area contributed by atoms with Gasteiger partial charge in [-0.25, -0.2) is 0 Å². The number of hydrogen-bond acceptors (Lipinski definition) is 13. The molecule has 14 nitrogen and oxygen atoms in total. The quantitative estimate of drug-likeness (QED) is 0.190. The van der Waals surface area contributed by atoms with Crippen LogP contribution in [0, 0.1) is 0 Å². The van der Waals surface area contributed by atoms with Gasteiger partial charge < -0.3 is 63.7 Å². The van der Waals surface area contributed by atoms with E-state index in [0.29, 0.717) is 5.56 Å².